The molecular weight excluding hydrogens is 732 g/mol. The van der Waals surface area contributed by atoms with Gasteiger partial charge >= 0.3 is 0 Å². The van der Waals surface area contributed by atoms with Crippen LogP contribution in [-0.4, -0.2) is 50.6 Å². The molecule has 0 spiro atoms. The lowest BCUT2D eigenvalue weighted by molar-refractivity contribution is -0.129. The molecule has 0 fully saturated rings. The Morgan fingerprint density at radius 3 is 2.21 bits per heavy atom. The average molecular weight is 773 g/mol. The maximum atomic E-state index is 14.5. The summed E-state index contributed by atoms with van der Waals surface area (Å²) < 4.78 is 14.5. The van der Waals surface area contributed by atoms with E-state index in [2.05, 4.69) is 20.6 Å². The van der Waals surface area contributed by atoms with Gasteiger partial charge in [0.1, 0.15) is 17.5 Å². The highest BCUT2D eigenvalue weighted by Gasteiger charge is 2.38. The van der Waals surface area contributed by atoms with E-state index < -0.39 is 49.0 Å². The van der Waals surface area contributed by atoms with Crippen molar-refractivity contribution in [1.29, 1.82) is 0 Å². The van der Waals surface area contributed by atoms with Gasteiger partial charge in [-0.2, -0.15) is 0 Å². The molecule has 7 N–H and O–H groups in total. The molecule has 13 heteroatoms. The van der Waals surface area contributed by atoms with Gasteiger partial charge in [-0.1, -0.05) is 102 Å². The first-order valence-electron chi connectivity index (χ1n) is 17.3. The standard InChI is InChI=1S/C40H40Cl2N5O5P/c41-29-20-32(42)31-22-36(45-34(31)21-29)40(50)47-37(18-26-12-5-2-6-13-26)53(51,52)24-27(15-9-14-25-10-3-1-4-11-25)39(49)46-35(38(43)48)19-28-23-44-33-17-8-7-16-30(28)33/h1-8,10-13,16-17,20-23,27,35,37,44-45H,9,14-15,18-19,24H2,(H2,43,48)(H,46,49)(H,47,50)(H,51,52). The quantitative estimate of drug-likeness (QED) is 0.0564. The molecule has 0 bridgehead atoms. The molecule has 2 aromatic heterocycles. The minimum Gasteiger partial charge on any atom is -0.368 e. The third-order valence-electron chi connectivity index (χ3n) is 9.43. The minimum atomic E-state index is -4.35. The van der Waals surface area contributed by atoms with E-state index in [1.54, 1.807) is 48.7 Å². The van der Waals surface area contributed by atoms with Gasteiger partial charge in [0.25, 0.3) is 5.91 Å². The molecule has 0 aliphatic heterocycles. The van der Waals surface area contributed by atoms with E-state index in [4.69, 9.17) is 28.9 Å². The Labute approximate surface area is 316 Å². The molecule has 4 unspecified atom stereocenters. The molecule has 4 atom stereocenters. The van der Waals surface area contributed by atoms with Gasteiger partial charge in [0.15, 0.2) is 0 Å². The first-order valence-corrected chi connectivity index (χ1v) is 20.0. The number of H-pyrrole nitrogens is 2. The van der Waals surface area contributed by atoms with Crippen molar-refractivity contribution >= 4 is 70.1 Å². The summed E-state index contributed by atoms with van der Waals surface area (Å²) in [6, 6.07) is 30.0. The van der Waals surface area contributed by atoms with Crippen molar-refractivity contribution in [3.63, 3.8) is 0 Å². The van der Waals surface area contributed by atoms with Crippen molar-refractivity contribution in [3.05, 3.63) is 142 Å². The monoisotopic (exact) mass is 771 g/mol. The fourth-order valence-electron chi connectivity index (χ4n) is 6.62. The number of amides is 3. The number of fused-ring (bicyclic) bond motifs is 2. The van der Waals surface area contributed by atoms with Crippen LogP contribution in [0.2, 0.25) is 10.0 Å². The van der Waals surface area contributed by atoms with Crippen LogP contribution >= 0.6 is 30.6 Å². The van der Waals surface area contributed by atoms with E-state index in [0.29, 0.717) is 33.8 Å². The van der Waals surface area contributed by atoms with Crippen LogP contribution in [0.4, 0.5) is 0 Å². The summed E-state index contributed by atoms with van der Waals surface area (Å²) in [5, 5.41) is 7.77. The molecule has 274 valence electrons. The van der Waals surface area contributed by atoms with Crippen molar-refractivity contribution < 1.29 is 23.8 Å². The minimum absolute atomic E-state index is 0.0238. The number of carbonyl (C=O) groups is 3. The molecule has 2 heterocycles. The lowest BCUT2D eigenvalue weighted by Gasteiger charge is -2.28. The molecule has 0 saturated heterocycles. The summed E-state index contributed by atoms with van der Waals surface area (Å²) in [6.07, 6.45) is 2.89. The van der Waals surface area contributed by atoms with Crippen molar-refractivity contribution in [2.75, 3.05) is 6.16 Å². The van der Waals surface area contributed by atoms with Gasteiger partial charge in [0, 0.05) is 57.9 Å². The number of primary amides is 1. The highest BCUT2D eigenvalue weighted by molar-refractivity contribution is 7.58. The first-order chi connectivity index (χ1) is 25.5. The van der Waals surface area contributed by atoms with E-state index in [-0.39, 0.29) is 25.0 Å². The number of aromatic amines is 2. The Morgan fingerprint density at radius 1 is 0.811 bits per heavy atom. The summed E-state index contributed by atoms with van der Waals surface area (Å²) in [5.41, 5.74) is 9.91. The van der Waals surface area contributed by atoms with Crippen LogP contribution in [0.5, 0.6) is 0 Å². The van der Waals surface area contributed by atoms with Crippen LogP contribution in [-0.2, 0) is 33.4 Å². The van der Waals surface area contributed by atoms with Gasteiger partial charge in [0.05, 0.1) is 5.02 Å². The van der Waals surface area contributed by atoms with Gasteiger partial charge in [-0.25, -0.2) is 0 Å². The van der Waals surface area contributed by atoms with E-state index in [1.165, 1.54) is 0 Å². The molecule has 3 amide bonds. The van der Waals surface area contributed by atoms with Crippen LogP contribution < -0.4 is 16.4 Å². The molecular formula is C40H40Cl2N5O5P. The Balaban J connectivity index is 1.26. The second-order valence-corrected chi connectivity index (χ2v) is 16.6. The Bertz CT molecular complexity index is 2280. The Hall–Kier alpha value is -4.86. The van der Waals surface area contributed by atoms with E-state index in [9.17, 15) is 23.8 Å². The number of hydrogen-bond donors (Lipinski definition) is 6. The lowest BCUT2D eigenvalue weighted by Crippen LogP contribution is -2.48. The zero-order chi connectivity index (χ0) is 37.5. The SMILES string of the molecule is NC(=O)C(Cc1c[nH]c2ccccc12)NC(=O)C(CCCc1ccccc1)CP(=O)(O)C(Cc1ccccc1)NC(=O)c1cc2c(Cl)cc(Cl)cc2[nH]1. The summed E-state index contributed by atoms with van der Waals surface area (Å²) in [6.45, 7) is 0. The normalized spacial score (nSPS) is 14.3. The van der Waals surface area contributed by atoms with Crippen molar-refractivity contribution in [3.8, 4) is 0 Å². The predicted molar refractivity (Wildman–Crippen MR) is 210 cm³/mol. The first kappa shape index (κ1) is 37.9. The lowest BCUT2D eigenvalue weighted by atomic mass is 9.98. The smallest absolute Gasteiger partial charge is 0.268 e. The molecule has 0 radical (unpaired) electrons. The van der Waals surface area contributed by atoms with E-state index in [0.717, 1.165) is 27.6 Å². The third-order valence-corrected chi connectivity index (χ3v) is 12.2. The van der Waals surface area contributed by atoms with Crippen LogP contribution in [0.15, 0.2) is 109 Å². The van der Waals surface area contributed by atoms with Crippen LogP contribution in [0.1, 0.15) is 40.0 Å². The van der Waals surface area contributed by atoms with Crippen LogP contribution in [0, 0.1) is 5.92 Å². The van der Waals surface area contributed by atoms with Crippen LogP contribution in [0.25, 0.3) is 21.8 Å². The highest BCUT2D eigenvalue weighted by atomic mass is 35.5. The predicted octanol–water partition coefficient (Wildman–Crippen LogP) is 7.38. The molecule has 4 aromatic carbocycles. The van der Waals surface area contributed by atoms with Crippen molar-refractivity contribution in [2.45, 2.75) is 43.9 Å². The maximum absolute atomic E-state index is 14.5. The number of halogens is 2. The molecule has 10 nitrogen and oxygen atoms in total. The van der Waals surface area contributed by atoms with Gasteiger partial charge in [-0.3, -0.25) is 18.9 Å². The Morgan fingerprint density at radius 2 is 1.49 bits per heavy atom. The largest absolute Gasteiger partial charge is 0.368 e. The van der Waals surface area contributed by atoms with Gasteiger partial charge in [0.2, 0.25) is 19.2 Å². The summed E-state index contributed by atoms with van der Waals surface area (Å²) in [5.74, 6) is -4.16. The Kier molecular flexibility index (Phi) is 12.1. The zero-order valence-electron chi connectivity index (χ0n) is 28.7. The molecule has 53 heavy (non-hydrogen) atoms. The second-order valence-electron chi connectivity index (χ2n) is 13.3. The summed E-state index contributed by atoms with van der Waals surface area (Å²) >= 11 is 12.5. The number of rotatable bonds is 16. The van der Waals surface area contributed by atoms with Gasteiger partial charge in [-0.15, -0.1) is 0 Å². The number of benzene rings is 4. The van der Waals surface area contributed by atoms with Crippen molar-refractivity contribution in [1.82, 2.24) is 20.6 Å². The van der Waals surface area contributed by atoms with E-state index >= 15 is 0 Å². The summed E-state index contributed by atoms with van der Waals surface area (Å²) in [4.78, 5) is 58.5. The molecule has 0 saturated carbocycles. The number of nitrogens with one attached hydrogen (secondary N) is 4. The topological polar surface area (TPSA) is 170 Å². The number of carbonyl (C=O) groups excluding carboxylic acids is 3. The van der Waals surface area contributed by atoms with Gasteiger partial charge in [-0.05, 0) is 60.2 Å². The highest BCUT2D eigenvalue weighted by Crippen LogP contribution is 2.49. The maximum Gasteiger partial charge on any atom is 0.268 e. The second kappa shape index (κ2) is 16.9. The zero-order valence-corrected chi connectivity index (χ0v) is 31.1. The van der Waals surface area contributed by atoms with Crippen molar-refractivity contribution in [2.24, 2.45) is 11.7 Å². The third kappa shape index (κ3) is 9.58. The fourth-order valence-corrected chi connectivity index (χ4v) is 9.22. The molecule has 6 aromatic rings. The van der Waals surface area contributed by atoms with Crippen LogP contribution in [0.3, 0.4) is 0 Å². The number of hydrogen-bond acceptors (Lipinski definition) is 4. The fraction of sp³-hybridized carbons (Fsp3) is 0.225. The average Bonchev–Trinajstić information content (AvgIpc) is 3.76. The number of aryl methyl sites for hydroxylation is 1. The van der Waals surface area contributed by atoms with Gasteiger partial charge < -0.3 is 31.2 Å². The van der Waals surface area contributed by atoms with E-state index in [1.807, 2.05) is 60.7 Å². The number of para-hydroxylation sites is 1. The number of nitrogens with two attached hydrogens (primary N) is 1. The summed E-state index contributed by atoms with van der Waals surface area (Å²) in [7, 11) is -4.35. The molecule has 6 rings (SSSR count). The molecule has 0 aliphatic carbocycles. The molecule has 0 aliphatic rings. The number of aromatic nitrogens is 2.